The highest BCUT2D eigenvalue weighted by Gasteiger charge is 2.20. The van der Waals surface area contributed by atoms with Crippen molar-refractivity contribution < 1.29 is 8.42 Å². The van der Waals surface area contributed by atoms with Crippen LogP contribution in [0.2, 0.25) is 0 Å². The molecule has 0 spiro atoms. The van der Waals surface area contributed by atoms with Crippen molar-refractivity contribution in [1.29, 1.82) is 0 Å². The third-order valence-electron chi connectivity index (χ3n) is 2.85. The quantitative estimate of drug-likeness (QED) is 0.760. The average Bonchev–Trinajstić information content (AvgIpc) is 2.67. The fourth-order valence-corrected chi connectivity index (χ4v) is 2.48. The first-order valence-corrected chi connectivity index (χ1v) is 6.98. The van der Waals surface area contributed by atoms with E-state index in [1.165, 1.54) is 0 Å². The molecule has 1 unspecified atom stereocenters. The molecule has 0 radical (unpaired) electrons. The van der Waals surface area contributed by atoms with E-state index in [0.29, 0.717) is 12.6 Å². The standard InChI is InChI=1S/C9H20N2O2S.ClH/c1-3-14(12,13)7-6-11(2)9-4-5-10-8-9;/h9-10H,3-8H2,1-2H3;1H. The van der Waals surface area contributed by atoms with Crippen LogP contribution in [0.4, 0.5) is 0 Å². The number of sulfone groups is 1. The summed E-state index contributed by atoms with van der Waals surface area (Å²) in [4.78, 5) is 2.15. The van der Waals surface area contributed by atoms with E-state index >= 15 is 0 Å². The third-order valence-corrected chi connectivity index (χ3v) is 4.54. The fourth-order valence-electron chi connectivity index (χ4n) is 1.63. The molecule has 6 heteroatoms. The summed E-state index contributed by atoms with van der Waals surface area (Å²) in [7, 11) is -0.803. The van der Waals surface area contributed by atoms with Gasteiger partial charge in [-0.3, -0.25) is 0 Å². The maximum absolute atomic E-state index is 11.3. The molecule has 4 nitrogen and oxygen atoms in total. The van der Waals surface area contributed by atoms with E-state index in [4.69, 9.17) is 0 Å². The minimum Gasteiger partial charge on any atom is -0.315 e. The van der Waals surface area contributed by atoms with Gasteiger partial charge >= 0.3 is 0 Å². The molecular formula is C9H21ClN2O2S. The zero-order valence-corrected chi connectivity index (χ0v) is 11.0. The predicted molar refractivity (Wildman–Crippen MR) is 65.5 cm³/mol. The summed E-state index contributed by atoms with van der Waals surface area (Å²) in [6, 6.07) is 0.516. The number of hydrogen-bond acceptors (Lipinski definition) is 4. The Morgan fingerprint density at radius 3 is 2.60 bits per heavy atom. The molecule has 1 saturated heterocycles. The smallest absolute Gasteiger partial charge is 0.151 e. The highest BCUT2D eigenvalue weighted by atomic mass is 35.5. The summed E-state index contributed by atoms with van der Waals surface area (Å²) in [5.74, 6) is 0.542. The summed E-state index contributed by atoms with van der Waals surface area (Å²) >= 11 is 0. The molecule has 1 aliphatic heterocycles. The summed E-state index contributed by atoms with van der Waals surface area (Å²) in [5, 5.41) is 3.27. The summed E-state index contributed by atoms with van der Waals surface area (Å²) in [6.07, 6.45) is 1.13. The van der Waals surface area contributed by atoms with Gasteiger partial charge in [0.05, 0.1) is 5.75 Å². The van der Waals surface area contributed by atoms with Crippen LogP contribution in [0.1, 0.15) is 13.3 Å². The molecule has 0 aromatic rings. The first-order valence-electron chi connectivity index (χ1n) is 5.16. The van der Waals surface area contributed by atoms with Crippen molar-refractivity contribution in [3.8, 4) is 0 Å². The topological polar surface area (TPSA) is 49.4 Å². The molecular weight excluding hydrogens is 236 g/mol. The van der Waals surface area contributed by atoms with Crippen LogP contribution in [-0.4, -0.2) is 57.5 Å². The van der Waals surface area contributed by atoms with Crippen molar-refractivity contribution in [3.63, 3.8) is 0 Å². The number of hydrogen-bond donors (Lipinski definition) is 1. The highest BCUT2D eigenvalue weighted by Crippen LogP contribution is 2.06. The Balaban J connectivity index is 0.00000196. The summed E-state index contributed by atoms with van der Waals surface area (Å²) in [6.45, 7) is 4.40. The molecule has 0 saturated carbocycles. The Morgan fingerprint density at radius 1 is 1.47 bits per heavy atom. The van der Waals surface area contributed by atoms with Crippen molar-refractivity contribution >= 4 is 22.2 Å². The zero-order chi connectivity index (χ0) is 10.6. The molecule has 0 aromatic heterocycles. The van der Waals surface area contributed by atoms with E-state index in [9.17, 15) is 8.42 Å². The van der Waals surface area contributed by atoms with Gasteiger partial charge in [-0.1, -0.05) is 6.92 Å². The van der Waals surface area contributed by atoms with Crippen LogP contribution in [0.3, 0.4) is 0 Å². The van der Waals surface area contributed by atoms with Crippen molar-refractivity contribution in [3.05, 3.63) is 0 Å². The van der Waals surface area contributed by atoms with Crippen molar-refractivity contribution in [2.24, 2.45) is 0 Å². The van der Waals surface area contributed by atoms with Gasteiger partial charge in [0.15, 0.2) is 9.84 Å². The molecule has 92 valence electrons. The number of likely N-dealkylation sites (N-methyl/N-ethyl adjacent to an activating group) is 1. The number of halogens is 1. The lowest BCUT2D eigenvalue weighted by Gasteiger charge is -2.22. The SMILES string of the molecule is CCS(=O)(=O)CCN(C)C1CCNC1.Cl. The highest BCUT2D eigenvalue weighted by molar-refractivity contribution is 7.91. The van der Waals surface area contributed by atoms with E-state index in [2.05, 4.69) is 10.2 Å². The Kier molecular flexibility index (Phi) is 6.75. The van der Waals surface area contributed by atoms with Crippen LogP contribution in [0, 0.1) is 0 Å². The fraction of sp³-hybridized carbons (Fsp3) is 1.00. The van der Waals surface area contributed by atoms with Crippen LogP contribution < -0.4 is 5.32 Å². The van der Waals surface area contributed by atoms with Gasteiger partial charge in [-0.25, -0.2) is 8.42 Å². The molecule has 1 fully saturated rings. The van der Waals surface area contributed by atoms with E-state index in [1.807, 2.05) is 7.05 Å². The van der Waals surface area contributed by atoms with Gasteiger partial charge in [-0.05, 0) is 20.0 Å². The second-order valence-electron chi connectivity index (χ2n) is 3.86. The molecule has 1 heterocycles. The van der Waals surface area contributed by atoms with Crippen LogP contribution >= 0.6 is 12.4 Å². The summed E-state index contributed by atoms with van der Waals surface area (Å²) in [5.41, 5.74) is 0. The number of nitrogens with one attached hydrogen (secondary N) is 1. The normalized spacial score (nSPS) is 21.7. The van der Waals surface area contributed by atoms with Gasteiger partial charge in [0.25, 0.3) is 0 Å². The van der Waals surface area contributed by atoms with Crippen LogP contribution in [0.25, 0.3) is 0 Å². The van der Waals surface area contributed by atoms with Crippen LogP contribution in [0.5, 0.6) is 0 Å². The second-order valence-corrected chi connectivity index (χ2v) is 6.34. The Labute approximate surface area is 98.7 Å². The minimum atomic E-state index is -2.81. The Morgan fingerprint density at radius 2 is 2.13 bits per heavy atom. The first kappa shape index (κ1) is 15.2. The van der Waals surface area contributed by atoms with Gasteiger partial charge < -0.3 is 10.2 Å². The molecule has 0 aliphatic carbocycles. The molecule has 1 aliphatic rings. The lowest BCUT2D eigenvalue weighted by molar-refractivity contribution is 0.271. The molecule has 1 atom stereocenters. The van der Waals surface area contributed by atoms with Gasteiger partial charge in [-0.15, -0.1) is 12.4 Å². The monoisotopic (exact) mass is 256 g/mol. The van der Waals surface area contributed by atoms with Crippen LogP contribution in [0.15, 0.2) is 0 Å². The molecule has 0 bridgehead atoms. The number of nitrogens with zero attached hydrogens (tertiary/aromatic N) is 1. The van der Waals surface area contributed by atoms with E-state index in [1.54, 1.807) is 6.92 Å². The minimum absolute atomic E-state index is 0. The van der Waals surface area contributed by atoms with E-state index < -0.39 is 9.84 Å². The van der Waals surface area contributed by atoms with Crippen molar-refractivity contribution in [2.75, 3.05) is 38.2 Å². The van der Waals surface area contributed by atoms with E-state index in [0.717, 1.165) is 19.5 Å². The molecule has 0 aromatic carbocycles. The predicted octanol–water partition coefficient (Wildman–Crippen LogP) is 0.137. The van der Waals surface area contributed by atoms with Gasteiger partial charge in [0, 0.05) is 24.9 Å². The van der Waals surface area contributed by atoms with Crippen LogP contribution in [-0.2, 0) is 9.84 Å². The maximum atomic E-state index is 11.3. The van der Waals surface area contributed by atoms with Gasteiger partial charge in [-0.2, -0.15) is 0 Å². The van der Waals surface area contributed by atoms with Crippen molar-refractivity contribution in [2.45, 2.75) is 19.4 Å². The molecule has 15 heavy (non-hydrogen) atoms. The zero-order valence-electron chi connectivity index (χ0n) is 9.40. The van der Waals surface area contributed by atoms with Gasteiger partial charge in [0.1, 0.15) is 0 Å². The molecule has 1 N–H and O–H groups in total. The average molecular weight is 257 g/mol. The molecule has 1 rings (SSSR count). The largest absolute Gasteiger partial charge is 0.315 e. The summed E-state index contributed by atoms with van der Waals surface area (Å²) < 4.78 is 22.6. The lowest BCUT2D eigenvalue weighted by Crippen LogP contribution is -2.36. The lowest BCUT2D eigenvalue weighted by atomic mass is 10.2. The first-order chi connectivity index (χ1) is 6.55. The third kappa shape index (κ3) is 5.15. The second kappa shape index (κ2) is 6.68. The van der Waals surface area contributed by atoms with Crippen molar-refractivity contribution in [1.82, 2.24) is 10.2 Å². The van der Waals surface area contributed by atoms with Gasteiger partial charge in [0.2, 0.25) is 0 Å². The molecule has 0 amide bonds. The maximum Gasteiger partial charge on any atom is 0.151 e. The number of rotatable bonds is 5. The Hall–Kier alpha value is 0.160. The Bertz CT molecular complexity index is 263. The van der Waals surface area contributed by atoms with E-state index in [-0.39, 0.29) is 23.9 Å².